The molecule has 1 unspecified atom stereocenters. The van der Waals surface area contributed by atoms with Gasteiger partial charge in [0.1, 0.15) is 0 Å². The Morgan fingerprint density at radius 3 is 1.65 bits per heavy atom. The number of unbranched alkanes of at least 4 members (excludes halogenated alkanes) is 15. The molecule has 4 rings (SSSR count). The molecule has 43 heavy (non-hydrogen) atoms. The first-order valence-electron chi connectivity index (χ1n) is 16.5. The zero-order valence-corrected chi connectivity index (χ0v) is 32.0. The third-order valence-corrected chi connectivity index (χ3v) is 10.8. The van der Waals surface area contributed by atoms with Crippen molar-refractivity contribution >= 4 is 19.9 Å². The molecule has 234 valence electrons. The van der Waals surface area contributed by atoms with Crippen LogP contribution in [0.2, 0.25) is 0 Å². The van der Waals surface area contributed by atoms with Crippen LogP contribution in [0.25, 0.3) is 11.1 Å². The van der Waals surface area contributed by atoms with E-state index in [1.807, 2.05) is 0 Å². The van der Waals surface area contributed by atoms with Crippen LogP contribution < -0.4 is 47.6 Å². The summed E-state index contributed by atoms with van der Waals surface area (Å²) in [5.41, 5.74) is 7.40. The van der Waals surface area contributed by atoms with E-state index in [1.54, 1.807) is 10.8 Å². The van der Waals surface area contributed by atoms with Gasteiger partial charge in [0.2, 0.25) is 0 Å². The summed E-state index contributed by atoms with van der Waals surface area (Å²) in [6.45, 7) is 4.67. The molecular weight excluding hydrogens is 639 g/mol. The second kappa shape index (κ2) is 24.7. The molecule has 1 atom stereocenters. The van der Waals surface area contributed by atoms with Crippen LogP contribution in [-0.2, 0) is 28.1 Å². The van der Waals surface area contributed by atoms with Gasteiger partial charge in [-0.15, -0.1) is 11.1 Å². The molecule has 0 saturated heterocycles. The summed E-state index contributed by atoms with van der Waals surface area (Å²) in [5.74, 6) is 0.462. The molecule has 0 aromatic heterocycles. The molecule has 0 N–H and O–H groups in total. The maximum atomic E-state index is 4.01. The summed E-state index contributed by atoms with van der Waals surface area (Å²) in [6, 6.07) is 26.8. The fourth-order valence-corrected chi connectivity index (χ4v) is 8.23. The van der Waals surface area contributed by atoms with Gasteiger partial charge >= 0.3 is 21.7 Å². The predicted molar refractivity (Wildman–Crippen MR) is 176 cm³/mol. The van der Waals surface area contributed by atoms with Crippen LogP contribution in [0.15, 0.2) is 60.7 Å². The van der Waals surface area contributed by atoms with Gasteiger partial charge in [-0.25, -0.2) is 0 Å². The average molecular weight is 692 g/mol. The van der Waals surface area contributed by atoms with Crippen molar-refractivity contribution in [2.75, 3.05) is 0 Å². The van der Waals surface area contributed by atoms with E-state index in [0.29, 0.717) is 5.92 Å². The third-order valence-electron chi connectivity index (χ3n) is 8.96. The molecule has 0 fully saturated rings. The number of hydrogen-bond acceptors (Lipinski definition) is 0. The van der Waals surface area contributed by atoms with E-state index in [9.17, 15) is 0 Å². The topological polar surface area (TPSA) is 0 Å². The van der Waals surface area contributed by atoms with Crippen LogP contribution in [-0.4, -0.2) is 9.52 Å². The Kier molecular flexibility index (Phi) is 24.4. The van der Waals surface area contributed by atoms with E-state index in [2.05, 4.69) is 80.6 Å². The minimum absolute atomic E-state index is 0. The fourth-order valence-electron chi connectivity index (χ4n) is 6.53. The smallest absolute Gasteiger partial charge is 1.00 e. The first-order chi connectivity index (χ1) is 19.3. The molecule has 0 spiro atoms. The van der Waals surface area contributed by atoms with Gasteiger partial charge < -0.3 is 37.2 Å². The molecule has 0 saturated carbocycles. The first-order valence-corrected chi connectivity index (χ1v) is 17.9. The molecule has 5 heteroatoms. The molecule has 1 aliphatic carbocycles. The van der Waals surface area contributed by atoms with Crippen LogP contribution in [0.3, 0.4) is 0 Å². The Labute approximate surface area is 300 Å². The molecule has 0 aliphatic heterocycles. The van der Waals surface area contributed by atoms with E-state index in [0.717, 1.165) is 0 Å². The van der Waals surface area contributed by atoms with Gasteiger partial charge in [-0.05, 0) is 11.5 Å². The van der Waals surface area contributed by atoms with Gasteiger partial charge in [0, 0.05) is 0 Å². The predicted octanol–water partition coefficient (Wildman–Crippen LogP) is 0.552. The van der Waals surface area contributed by atoms with Crippen LogP contribution in [0.5, 0.6) is 0 Å². The molecule has 1 aliphatic rings. The van der Waals surface area contributed by atoms with Gasteiger partial charge in [0.05, 0.1) is 9.52 Å². The zero-order valence-electron chi connectivity index (χ0n) is 26.7. The van der Waals surface area contributed by atoms with Crippen molar-refractivity contribution in [3.63, 3.8) is 0 Å². The van der Waals surface area contributed by atoms with Crippen molar-refractivity contribution in [1.82, 2.24) is 0 Å². The second-order valence-electron chi connectivity index (χ2n) is 12.1. The summed E-state index contributed by atoms with van der Waals surface area (Å²) in [7, 11) is -0.513. The molecule has 3 aromatic rings. The Balaban J connectivity index is 0.00000441. The maximum Gasteiger partial charge on any atom is 4.00 e. The van der Waals surface area contributed by atoms with Crippen molar-refractivity contribution < 1.29 is 58.9 Å². The van der Waals surface area contributed by atoms with Gasteiger partial charge in [0.15, 0.2) is 0 Å². The molecule has 0 amide bonds. The molecule has 0 heterocycles. The van der Waals surface area contributed by atoms with Gasteiger partial charge in [0.25, 0.3) is 0 Å². The third kappa shape index (κ3) is 13.8. The molecule has 3 aromatic carbocycles. The monoisotopic (exact) mass is 690 g/mol. The molecule has 0 bridgehead atoms. The molecule has 0 radical (unpaired) electrons. The molecule has 0 nitrogen and oxygen atoms in total. The Morgan fingerprint density at radius 1 is 0.605 bits per heavy atom. The number of aryl methyl sites for hydroxylation is 1. The normalized spacial score (nSPS) is 12.9. The number of benzene rings is 3. The number of fused-ring (bicyclic) bond motifs is 3. The maximum absolute atomic E-state index is 4.01. The summed E-state index contributed by atoms with van der Waals surface area (Å²) in [5, 5.41) is 3.09. The van der Waals surface area contributed by atoms with Gasteiger partial charge in [-0.2, -0.15) is 22.9 Å². The Morgan fingerprint density at radius 2 is 1.09 bits per heavy atom. The van der Waals surface area contributed by atoms with Gasteiger partial charge in [-0.1, -0.05) is 188 Å². The summed E-state index contributed by atoms with van der Waals surface area (Å²) in [4.78, 5) is 0. The van der Waals surface area contributed by atoms with E-state index < -0.39 is 9.52 Å². The van der Waals surface area contributed by atoms with Crippen molar-refractivity contribution in [2.45, 2.75) is 129 Å². The Bertz CT molecular complexity index is 1120. The minimum Gasteiger partial charge on any atom is -1.00 e. The fraction of sp³-hybridized carbons (Fsp3) is 0.526. The standard InChI is InChI=1S/C38H53Si.3ClH.Ti/c1-3-4-5-6-7-8-9-10-11-12-13-14-15-16-17-19-24-32-29-37-35-28-23-22-27-34(35)31(2)36(37)30-38(32)39-33-25-20-18-21-26-33;;;;/h18,20-23,25-29,31H,3-17,19,24,39H2,1-2H3;3*1H;/q-1;;;;+4/p-3. The van der Waals surface area contributed by atoms with Crippen molar-refractivity contribution in [2.24, 2.45) is 0 Å². The van der Waals surface area contributed by atoms with Crippen molar-refractivity contribution in [3.8, 4) is 11.1 Å². The molecular formula is C38H53Cl3SiTi. The SMILES string of the molecule is CCCCCCCCCCCCCCCCCCc1cc2c([c-]c1[SiH2]c1ccccc1)C(C)c1ccccc1-2.[Cl-].[Cl-].[Cl-].[Ti+4]. The van der Waals surface area contributed by atoms with E-state index >= 15 is 0 Å². The quantitative estimate of drug-likeness (QED) is 0.0980. The van der Waals surface area contributed by atoms with Crippen LogP contribution >= 0.6 is 0 Å². The van der Waals surface area contributed by atoms with Crippen LogP contribution in [0.1, 0.15) is 139 Å². The summed E-state index contributed by atoms with van der Waals surface area (Å²) < 4.78 is 0. The summed E-state index contributed by atoms with van der Waals surface area (Å²) >= 11 is 0. The number of halogens is 3. The summed E-state index contributed by atoms with van der Waals surface area (Å²) in [6.07, 6.45) is 24.1. The Hall–Kier alpha value is -0.539. The minimum atomic E-state index is -0.513. The van der Waals surface area contributed by atoms with Crippen molar-refractivity contribution in [1.29, 1.82) is 0 Å². The average Bonchev–Trinajstić information content (AvgIpc) is 3.24. The van der Waals surface area contributed by atoms with Crippen molar-refractivity contribution in [3.05, 3.63) is 83.4 Å². The number of hydrogen-bond donors (Lipinski definition) is 0. The van der Waals surface area contributed by atoms with Gasteiger partial charge in [-0.3, -0.25) is 0 Å². The zero-order chi connectivity index (χ0) is 27.1. The van der Waals surface area contributed by atoms with Crippen LogP contribution in [0.4, 0.5) is 0 Å². The van der Waals surface area contributed by atoms with E-state index in [-0.39, 0.29) is 58.9 Å². The van der Waals surface area contributed by atoms with E-state index in [4.69, 9.17) is 0 Å². The van der Waals surface area contributed by atoms with Crippen LogP contribution in [0, 0.1) is 6.07 Å². The second-order valence-corrected chi connectivity index (χ2v) is 14.0. The largest absolute Gasteiger partial charge is 4.00 e. The first kappa shape index (κ1) is 42.5. The van der Waals surface area contributed by atoms with E-state index in [1.165, 1.54) is 137 Å². The number of rotatable bonds is 19.